The van der Waals surface area contributed by atoms with Gasteiger partial charge in [0, 0.05) is 14.1 Å². The standard InChI is InChI=1S/C16H22N8O3/c1-8-12(25)13(26)16(27-8)24-7-20-11-14(18-3)21-10(22-15(11)24)5-23(4)9(2)19-6-17/h7-8,12-13,16,25-26H,5H2,1-4H3,(H,18,21,22). The fraction of sp³-hybridized carbons (Fsp3) is 0.562. The lowest BCUT2D eigenvalue weighted by molar-refractivity contribution is -0.0299. The maximum absolute atomic E-state index is 10.3. The first-order valence-corrected chi connectivity index (χ1v) is 8.44. The van der Waals surface area contributed by atoms with Crippen molar-refractivity contribution in [1.29, 1.82) is 5.26 Å². The Balaban J connectivity index is 2.01. The zero-order chi connectivity index (χ0) is 19.7. The molecule has 0 aliphatic carbocycles. The number of hydrogen-bond donors (Lipinski definition) is 3. The highest BCUT2D eigenvalue weighted by Crippen LogP contribution is 2.32. The number of hydrogen-bond acceptors (Lipinski definition) is 9. The molecule has 1 saturated heterocycles. The molecule has 11 heteroatoms. The van der Waals surface area contributed by atoms with Crippen LogP contribution in [0.4, 0.5) is 5.82 Å². The number of amidine groups is 1. The van der Waals surface area contributed by atoms with Gasteiger partial charge in [-0.05, 0) is 13.8 Å². The van der Waals surface area contributed by atoms with E-state index >= 15 is 0 Å². The Labute approximate surface area is 155 Å². The summed E-state index contributed by atoms with van der Waals surface area (Å²) in [6.45, 7) is 3.73. The number of ether oxygens (including phenoxy) is 1. The van der Waals surface area contributed by atoms with Crippen LogP contribution in [0.15, 0.2) is 11.3 Å². The molecular formula is C16H22N8O3. The summed E-state index contributed by atoms with van der Waals surface area (Å²) in [6, 6.07) is 0. The van der Waals surface area contributed by atoms with Crippen LogP contribution in [0.1, 0.15) is 25.9 Å². The molecule has 1 aliphatic rings. The maximum Gasteiger partial charge on any atom is 0.207 e. The summed E-state index contributed by atoms with van der Waals surface area (Å²) in [7, 11) is 3.51. The molecule has 3 N–H and O–H groups in total. The van der Waals surface area contributed by atoms with E-state index in [9.17, 15) is 10.2 Å². The molecule has 1 fully saturated rings. The molecule has 4 atom stereocenters. The molecule has 0 spiro atoms. The summed E-state index contributed by atoms with van der Waals surface area (Å²) < 4.78 is 7.27. The Kier molecular flexibility index (Phi) is 5.22. The summed E-state index contributed by atoms with van der Waals surface area (Å²) in [5.74, 6) is 1.54. The third-order valence-corrected chi connectivity index (χ3v) is 4.60. The molecule has 0 radical (unpaired) electrons. The summed E-state index contributed by atoms with van der Waals surface area (Å²) in [5.41, 5.74) is 0.995. The van der Waals surface area contributed by atoms with Gasteiger partial charge >= 0.3 is 0 Å². The normalized spacial score (nSPS) is 25.6. The van der Waals surface area contributed by atoms with Gasteiger partial charge in [-0.2, -0.15) is 10.3 Å². The largest absolute Gasteiger partial charge is 0.388 e. The number of anilines is 1. The van der Waals surface area contributed by atoms with Gasteiger partial charge in [0.05, 0.1) is 19.0 Å². The number of aliphatic hydroxyl groups excluding tert-OH is 2. The first-order chi connectivity index (χ1) is 12.9. The fourth-order valence-corrected chi connectivity index (χ4v) is 2.93. The van der Waals surface area contributed by atoms with E-state index in [0.717, 1.165) is 0 Å². The third-order valence-electron chi connectivity index (χ3n) is 4.60. The number of aliphatic hydroxyl groups is 2. The summed E-state index contributed by atoms with van der Waals surface area (Å²) in [4.78, 5) is 18.8. The van der Waals surface area contributed by atoms with Crippen molar-refractivity contribution in [3.05, 3.63) is 12.2 Å². The number of nitriles is 1. The molecule has 0 bridgehead atoms. The molecule has 144 valence electrons. The van der Waals surface area contributed by atoms with Crippen LogP contribution in [0, 0.1) is 11.5 Å². The first-order valence-electron chi connectivity index (χ1n) is 8.44. The fourth-order valence-electron chi connectivity index (χ4n) is 2.93. The van der Waals surface area contributed by atoms with E-state index in [0.29, 0.717) is 35.2 Å². The molecule has 0 amide bonds. The van der Waals surface area contributed by atoms with Gasteiger partial charge < -0.3 is 25.2 Å². The Hall–Kier alpha value is -2.81. The van der Waals surface area contributed by atoms with Gasteiger partial charge in [0.25, 0.3) is 0 Å². The lowest BCUT2D eigenvalue weighted by Gasteiger charge is -2.19. The van der Waals surface area contributed by atoms with Gasteiger partial charge in [-0.1, -0.05) is 0 Å². The molecule has 3 heterocycles. The number of imidazole rings is 1. The molecule has 2 aromatic heterocycles. The number of aromatic nitrogens is 4. The van der Waals surface area contributed by atoms with Crippen LogP contribution in [0.3, 0.4) is 0 Å². The summed E-state index contributed by atoms with van der Waals surface area (Å²) >= 11 is 0. The van der Waals surface area contributed by atoms with Crippen LogP contribution in [-0.4, -0.2) is 72.9 Å². The Morgan fingerprint density at radius 2 is 2.19 bits per heavy atom. The molecule has 3 rings (SSSR count). The van der Waals surface area contributed by atoms with E-state index < -0.39 is 24.5 Å². The minimum atomic E-state index is -1.10. The molecule has 27 heavy (non-hydrogen) atoms. The van der Waals surface area contributed by atoms with Gasteiger partial charge in [0.15, 0.2) is 29.0 Å². The second-order valence-corrected chi connectivity index (χ2v) is 6.39. The van der Waals surface area contributed by atoms with Gasteiger partial charge in [-0.3, -0.25) is 4.57 Å². The SMILES string of the molecule is CNc1nc(CN(C)C(C)=NC#N)nc2c1ncn2C1OC(C)C(O)C1O. The topological polar surface area (TPSA) is 145 Å². The number of fused-ring (bicyclic) bond motifs is 1. The van der Waals surface area contributed by atoms with Crippen LogP contribution in [0.5, 0.6) is 0 Å². The highest BCUT2D eigenvalue weighted by atomic mass is 16.6. The zero-order valence-electron chi connectivity index (χ0n) is 15.5. The average molecular weight is 374 g/mol. The van der Waals surface area contributed by atoms with Crippen molar-refractivity contribution in [3.8, 4) is 6.19 Å². The van der Waals surface area contributed by atoms with Gasteiger partial charge in [-0.25, -0.2) is 15.0 Å². The van der Waals surface area contributed by atoms with Crippen molar-refractivity contribution in [2.75, 3.05) is 19.4 Å². The molecule has 1 aliphatic heterocycles. The van der Waals surface area contributed by atoms with Crippen molar-refractivity contribution in [2.24, 2.45) is 4.99 Å². The van der Waals surface area contributed by atoms with E-state index in [1.165, 1.54) is 6.33 Å². The van der Waals surface area contributed by atoms with Crippen LogP contribution in [0.2, 0.25) is 0 Å². The lowest BCUT2D eigenvalue weighted by atomic mass is 10.1. The van der Waals surface area contributed by atoms with Gasteiger partial charge in [0.2, 0.25) is 6.19 Å². The Morgan fingerprint density at radius 1 is 1.44 bits per heavy atom. The molecule has 2 aromatic rings. The zero-order valence-corrected chi connectivity index (χ0v) is 15.5. The van der Waals surface area contributed by atoms with Crippen LogP contribution in [0.25, 0.3) is 11.2 Å². The number of aliphatic imine (C=N–C) groups is 1. The predicted molar refractivity (Wildman–Crippen MR) is 96.7 cm³/mol. The molecule has 11 nitrogen and oxygen atoms in total. The maximum atomic E-state index is 10.3. The lowest BCUT2D eigenvalue weighted by Crippen LogP contribution is -2.30. The highest BCUT2D eigenvalue weighted by molar-refractivity contribution is 5.83. The number of nitrogens with one attached hydrogen (secondary N) is 1. The van der Waals surface area contributed by atoms with Crippen LogP contribution < -0.4 is 5.32 Å². The van der Waals surface area contributed by atoms with E-state index in [-0.39, 0.29) is 0 Å². The van der Waals surface area contributed by atoms with E-state index in [2.05, 4.69) is 25.3 Å². The summed E-state index contributed by atoms with van der Waals surface area (Å²) in [5, 5.41) is 32.0. The Bertz CT molecular complexity index is 905. The van der Waals surface area contributed by atoms with E-state index in [4.69, 9.17) is 10.00 Å². The van der Waals surface area contributed by atoms with Crippen molar-refractivity contribution in [2.45, 2.75) is 44.9 Å². The smallest absolute Gasteiger partial charge is 0.207 e. The quantitative estimate of drug-likeness (QED) is 0.377. The summed E-state index contributed by atoms with van der Waals surface area (Å²) in [6.07, 6.45) is -0.136. The Morgan fingerprint density at radius 3 is 2.78 bits per heavy atom. The molecule has 4 unspecified atom stereocenters. The van der Waals surface area contributed by atoms with Crippen molar-refractivity contribution >= 4 is 22.8 Å². The minimum absolute atomic E-state index is 0.319. The second-order valence-electron chi connectivity index (χ2n) is 6.39. The number of rotatable bonds is 4. The van der Waals surface area contributed by atoms with Crippen molar-refractivity contribution in [3.63, 3.8) is 0 Å². The average Bonchev–Trinajstić information content (AvgIpc) is 3.17. The second kappa shape index (κ2) is 7.43. The molecular weight excluding hydrogens is 352 g/mol. The predicted octanol–water partition coefficient (Wildman–Crippen LogP) is -0.162. The van der Waals surface area contributed by atoms with Crippen molar-refractivity contribution < 1.29 is 14.9 Å². The molecule has 0 aromatic carbocycles. The van der Waals surface area contributed by atoms with Crippen LogP contribution >= 0.6 is 0 Å². The first kappa shape index (κ1) is 19.0. The minimum Gasteiger partial charge on any atom is -0.388 e. The van der Waals surface area contributed by atoms with Gasteiger partial charge in [-0.15, -0.1) is 0 Å². The van der Waals surface area contributed by atoms with Crippen molar-refractivity contribution in [1.82, 2.24) is 24.4 Å². The van der Waals surface area contributed by atoms with Gasteiger partial charge in [0.1, 0.15) is 18.0 Å². The third kappa shape index (κ3) is 3.42. The number of nitrogens with zero attached hydrogens (tertiary/aromatic N) is 7. The highest BCUT2D eigenvalue weighted by Gasteiger charge is 2.42. The van der Waals surface area contributed by atoms with Crippen LogP contribution in [-0.2, 0) is 11.3 Å². The van der Waals surface area contributed by atoms with E-state index in [1.54, 1.807) is 43.6 Å². The van der Waals surface area contributed by atoms with E-state index in [1.807, 2.05) is 0 Å². The molecule has 0 saturated carbocycles. The monoisotopic (exact) mass is 374 g/mol.